The van der Waals surface area contributed by atoms with Crippen LogP contribution in [0.3, 0.4) is 0 Å². The van der Waals surface area contributed by atoms with Gasteiger partial charge in [-0.05, 0) is 25.1 Å². The van der Waals surface area contributed by atoms with Crippen molar-refractivity contribution in [2.75, 3.05) is 51.4 Å². The second-order valence-electron chi connectivity index (χ2n) is 8.02. The number of aromatic nitrogens is 4. The number of anilines is 1. The zero-order valence-corrected chi connectivity index (χ0v) is 19.2. The van der Waals surface area contributed by atoms with E-state index in [1.165, 1.54) is 0 Å². The van der Waals surface area contributed by atoms with Gasteiger partial charge in [-0.3, -0.25) is 4.79 Å². The number of amides is 1. The normalized spacial score (nSPS) is 16.2. The molecule has 178 valence electrons. The van der Waals surface area contributed by atoms with E-state index in [2.05, 4.69) is 37.5 Å². The number of hydrogen-bond acceptors (Lipinski definition) is 9. The van der Waals surface area contributed by atoms with Crippen molar-refractivity contribution in [2.24, 2.45) is 0 Å². The predicted octanol–water partition coefficient (Wildman–Crippen LogP) is 1.48. The third-order valence-corrected chi connectivity index (χ3v) is 5.74. The minimum absolute atomic E-state index is 0.0391. The van der Waals surface area contributed by atoms with Gasteiger partial charge in [-0.2, -0.15) is 0 Å². The first-order valence-electron chi connectivity index (χ1n) is 11.3. The molecule has 0 aliphatic carbocycles. The van der Waals surface area contributed by atoms with Crippen molar-refractivity contribution in [3.63, 3.8) is 0 Å². The van der Waals surface area contributed by atoms with Crippen LogP contribution in [-0.4, -0.2) is 78.0 Å². The Kier molecular flexibility index (Phi) is 6.28. The van der Waals surface area contributed by atoms with Crippen LogP contribution in [-0.2, 0) is 9.53 Å². The van der Waals surface area contributed by atoms with Crippen molar-refractivity contribution in [3.05, 3.63) is 36.7 Å². The third kappa shape index (κ3) is 4.39. The Morgan fingerprint density at radius 2 is 2.21 bits per heavy atom. The predicted molar refractivity (Wildman–Crippen MR) is 126 cm³/mol. The highest BCUT2D eigenvalue weighted by atomic mass is 16.5. The van der Waals surface area contributed by atoms with E-state index < -0.39 is 0 Å². The quantitative estimate of drug-likeness (QED) is 0.379. The first-order valence-corrected chi connectivity index (χ1v) is 11.3. The van der Waals surface area contributed by atoms with Crippen molar-refractivity contribution in [2.45, 2.75) is 13.0 Å². The van der Waals surface area contributed by atoms with Crippen molar-refractivity contribution in [1.82, 2.24) is 30.2 Å². The van der Waals surface area contributed by atoms with Crippen LogP contribution >= 0.6 is 0 Å². The van der Waals surface area contributed by atoms with Gasteiger partial charge < -0.3 is 29.4 Å². The van der Waals surface area contributed by atoms with Gasteiger partial charge >= 0.3 is 0 Å². The van der Waals surface area contributed by atoms with Gasteiger partial charge in [-0.15, -0.1) is 5.10 Å². The van der Waals surface area contributed by atoms with Crippen molar-refractivity contribution in [1.29, 1.82) is 0 Å². The average Bonchev–Trinajstić information content (AvgIpc) is 3.47. The SMILES string of the molecule is CCN(CCOC)c1nccc2oc(-c3cnc4ccc(OC[C@H]5CNCC(=O)N5)nn34)cc12. The van der Waals surface area contributed by atoms with Gasteiger partial charge in [-0.1, -0.05) is 0 Å². The maximum absolute atomic E-state index is 11.6. The van der Waals surface area contributed by atoms with Gasteiger partial charge in [-0.25, -0.2) is 14.5 Å². The molecule has 34 heavy (non-hydrogen) atoms. The number of methoxy groups -OCH3 is 1. The fourth-order valence-electron chi connectivity index (χ4n) is 4.02. The van der Waals surface area contributed by atoms with Crippen LogP contribution in [0, 0.1) is 0 Å². The average molecular weight is 466 g/mol. The Bertz CT molecular complexity index is 1300. The Morgan fingerprint density at radius 1 is 1.29 bits per heavy atom. The summed E-state index contributed by atoms with van der Waals surface area (Å²) in [4.78, 5) is 22.8. The Hall–Kier alpha value is -3.70. The molecule has 0 radical (unpaired) electrons. The van der Waals surface area contributed by atoms with E-state index in [1.807, 2.05) is 18.2 Å². The van der Waals surface area contributed by atoms with Gasteiger partial charge in [0, 0.05) is 39.0 Å². The molecule has 2 N–H and O–H groups in total. The highest BCUT2D eigenvalue weighted by Crippen LogP contribution is 2.33. The number of carbonyl (C=O) groups is 1. The van der Waals surface area contributed by atoms with E-state index in [9.17, 15) is 4.79 Å². The van der Waals surface area contributed by atoms with E-state index in [0.29, 0.717) is 49.3 Å². The van der Waals surface area contributed by atoms with Crippen LogP contribution in [0.5, 0.6) is 5.88 Å². The van der Waals surface area contributed by atoms with Crippen LogP contribution in [0.2, 0.25) is 0 Å². The topological polar surface area (TPSA) is 119 Å². The maximum atomic E-state index is 11.6. The number of rotatable bonds is 9. The largest absolute Gasteiger partial charge is 0.474 e. The number of piperazine rings is 1. The third-order valence-electron chi connectivity index (χ3n) is 5.74. The minimum atomic E-state index is -0.109. The number of nitrogens with zero attached hydrogens (tertiary/aromatic N) is 5. The van der Waals surface area contributed by atoms with Gasteiger partial charge in [0.2, 0.25) is 11.8 Å². The molecule has 4 aromatic rings. The molecule has 0 aromatic carbocycles. The van der Waals surface area contributed by atoms with Crippen LogP contribution in [0.1, 0.15) is 6.92 Å². The molecule has 1 atom stereocenters. The summed E-state index contributed by atoms with van der Waals surface area (Å²) in [6.45, 7) is 5.52. The van der Waals surface area contributed by atoms with Crippen LogP contribution in [0.15, 0.2) is 41.1 Å². The molecule has 0 spiro atoms. The van der Waals surface area contributed by atoms with Crippen LogP contribution < -0.4 is 20.3 Å². The second kappa shape index (κ2) is 9.65. The summed E-state index contributed by atoms with van der Waals surface area (Å²) in [6.07, 6.45) is 3.47. The molecule has 1 aliphatic heterocycles. The number of ether oxygens (including phenoxy) is 2. The molecule has 1 saturated heterocycles. The molecule has 1 amide bonds. The fraction of sp³-hybridized carbons (Fsp3) is 0.391. The maximum Gasteiger partial charge on any atom is 0.234 e. The first kappa shape index (κ1) is 22.1. The monoisotopic (exact) mass is 465 g/mol. The zero-order chi connectivity index (χ0) is 23.5. The highest BCUT2D eigenvalue weighted by Gasteiger charge is 2.20. The fourth-order valence-corrected chi connectivity index (χ4v) is 4.02. The summed E-state index contributed by atoms with van der Waals surface area (Å²) in [5, 5.41) is 11.5. The number of carbonyl (C=O) groups excluding carboxylic acids is 1. The number of hydrogen-bond donors (Lipinski definition) is 2. The lowest BCUT2D eigenvalue weighted by atomic mass is 10.2. The van der Waals surface area contributed by atoms with Crippen molar-refractivity contribution >= 4 is 28.3 Å². The molecule has 5 heterocycles. The lowest BCUT2D eigenvalue weighted by Gasteiger charge is -2.23. The molecule has 5 rings (SSSR count). The van der Waals surface area contributed by atoms with E-state index in [-0.39, 0.29) is 11.9 Å². The summed E-state index contributed by atoms with van der Waals surface area (Å²) < 4.78 is 19.0. The summed E-state index contributed by atoms with van der Waals surface area (Å²) in [5.41, 5.74) is 2.11. The Morgan fingerprint density at radius 3 is 3.03 bits per heavy atom. The molecular formula is C23H27N7O4. The molecule has 0 bridgehead atoms. The summed E-state index contributed by atoms with van der Waals surface area (Å²) >= 11 is 0. The number of likely N-dealkylation sites (N-methyl/N-ethyl adjacent to an activating group) is 1. The molecule has 1 fully saturated rings. The number of furan rings is 1. The standard InChI is InChI=1S/C23H27N7O4/c1-3-29(8-9-32-2)23-16-10-19(34-18(16)6-7-25-23)17-12-26-20-4-5-22(28-30(17)20)33-14-15-11-24-13-21(31)27-15/h4-7,10,12,15,24H,3,8-9,11,13-14H2,1-2H3,(H,27,31)/t15-/m1/s1. The summed E-state index contributed by atoms with van der Waals surface area (Å²) in [6, 6.07) is 7.31. The zero-order valence-electron chi connectivity index (χ0n) is 19.2. The van der Waals surface area contributed by atoms with Crippen LogP contribution in [0.25, 0.3) is 28.1 Å². The molecule has 1 aliphatic rings. The lowest BCUT2D eigenvalue weighted by molar-refractivity contribution is -0.122. The Balaban J connectivity index is 1.43. The number of fused-ring (bicyclic) bond motifs is 2. The van der Waals surface area contributed by atoms with Gasteiger partial charge in [0.25, 0.3) is 0 Å². The summed E-state index contributed by atoms with van der Waals surface area (Å²) in [7, 11) is 1.69. The van der Waals surface area contributed by atoms with E-state index in [0.717, 1.165) is 29.9 Å². The minimum Gasteiger partial charge on any atom is -0.474 e. The molecule has 11 heteroatoms. The molecule has 0 saturated carbocycles. The van der Waals surface area contributed by atoms with Gasteiger partial charge in [0.1, 0.15) is 23.7 Å². The summed E-state index contributed by atoms with van der Waals surface area (Å²) in [5.74, 6) is 1.87. The molecular weight excluding hydrogens is 438 g/mol. The molecule has 4 aromatic heterocycles. The van der Waals surface area contributed by atoms with E-state index >= 15 is 0 Å². The van der Waals surface area contributed by atoms with Crippen molar-refractivity contribution in [3.8, 4) is 17.3 Å². The molecule has 0 unspecified atom stereocenters. The number of nitrogens with one attached hydrogen (secondary N) is 2. The highest BCUT2D eigenvalue weighted by molar-refractivity contribution is 5.91. The lowest BCUT2D eigenvalue weighted by Crippen LogP contribution is -2.54. The second-order valence-corrected chi connectivity index (χ2v) is 8.02. The van der Waals surface area contributed by atoms with Gasteiger partial charge in [0.15, 0.2) is 11.4 Å². The molecule has 11 nitrogen and oxygen atoms in total. The van der Waals surface area contributed by atoms with Gasteiger partial charge in [0.05, 0.1) is 30.8 Å². The first-order chi connectivity index (χ1) is 16.7. The van der Waals surface area contributed by atoms with E-state index in [1.54, 1.807) is 30.1 Å². The smallest absolute Gasteiger partial charge is 0.234 e. The number of imidazole rings is 1. The van der Waals surface area contributed by atoms with Crippen molar-refractivity contribution < 1.29 is 18.7 Å². The van der Waals surface area contributed by atoms with Crippen LogP contribution in [0.4, 0.5) is 5.82 Å². The van der Waals surface area contributed by atoms with E-state index in [4.69, 9.17) is 13.9 Å². The Labute approximate surface area is 196 Å². The number of pyridine rings is 1.